The molecular formula is C16H30N2O. The van der Waals surface area contributed by atoms with Crippen LogP contribution >= 0.6 is 0 Å². The Morgan fingerprint density at radius 2 is 1.68 bits per heavy atom. The van der Waals surface area contributed by atoms with Crippen LogP contribution in [0.25, 0.3) is 0 Å². The Kier molecular flexibility index (Phi) is 5.26. The lowest BCUT2D eigenvalue weighted by Gasteiger charge is -2.33. The molecule has 3 nitrogen and oxygen atoms in total. The van der Waals surface area contributed by atoms with Crippen molar-refractivity contribution in [3.8, 4) is 0 Å². The maximum absolute atomic E-state index is 12.6. The predicted molar refractivity (Wildman–Crippen MR) is 79.1 cm³/mol. The van der Waals surface area contributed by atoms with Gasteiger partial charge in [0.1, 0.15) is 0 Å². The van der Waals surface area contributed by atoms with Gasteiger partial charge in [0.05, 0.1) is 6.04 Å². The third kappa shape index (κ3) is 4.20. The Morgan fingerprint density at radius 1 is 1.05 bits per heavy atom. The summed E-state index contributed by atoms with van der Waals surface area (Å²) in [6.45, 7) is 3.31. The topological polar surface area (TPSA) is 32.3 Å². The number of hydrogen-bond acceptors (Lipinski definition) is 2. The molecule has 1 saturated carbocycles. The highest BCUT2D eigenvalue weighted by Crippen LogP contribution is 2.27. The summed E-state index contributed by atoms with van der Waals surface area (Å²) in [6.07, 6.45) is 12.2. The Balaban J connectivity index is 1.94. The van der Waals surface area contributed by atoms with Crippen molar-refractivity contribution in [2.75, 3.05) is 13.6 Å². The summed E-state index contributed by atoms with van der Waals surface area (Å²) in [5, 5.41) is 3.38. The quantitative estimate of drug-likeness (QED) is 0.779. The zero-order chi connectivity index (χ0) is 13.7. The van der Waals surface area contributed by atoms with Crippen molar-refractivity contribution in [1.29, 1.82) is 0 Å². The third-order valence-corrected chi connectivity index (χ3v) is 4.96. The average molecular weight is 266 g/mol. The van der Waals surface area contributed by atoms with Gasteiger partial charge in [-0.3, -0.25) is 9.69 Å². The van der Waals surface area contributed by atoms with Crippen LogP contribution in [0, 0.1) is 0 Å². The second-order valence-corrected chi connectivity index (χ2v) is 6.81. The number of nitrogens with one attached hydrogen (secondary N) is 1. The average Bonchev–Trinajstić information content (AvgIpc) is 2.69. The maximum Gasteiger partial charge on any atom is 0.237 e. The largest absolute Gasteiger partial charge is 0.350 e. The van der Waals surface area contributed by atoms with E-state index in [-0.39, 0.29) is 17.5 Å². The summed E-state index contributed by atoms with van der Waals surface area (Å²) >= 11 is 0. The molecule has 3 heteroatoms. The molecule has 110 valence electrons. The van der Waals surface area contributed by atoms with Gasteiger partial charge < -0.3 is 5.32 Å². The second kappa shape index (κ2) is 6.74. The number of amides is 1. The highest BCUT2D eigenvalue weighted by Gasteiger charge is 2.32. The SMILES string of the molecule is CN1CCCCC[C@H]1C(=O)NC1(C)CCCCCC1. The number of likely N-dealkylation sites (N-methyl/N-ethyl adjacent to an activating group) is 1. The molecule has 1 aliphatic heterocycles. The molecule has 1 amide bonds. The van der Waals surface area contributed by atoms with E-state index in [1.165, 1.54) is 44.9 Å². The first-order valence-electron chi connectivity index (χ1n) is 8.13. The standard InChI is InChI=1S/C16H30N2O/c1-16(11-7-3-4-8-12-16)17-15(19)14-10-6-5-9-13-18(14)2/h14H,3-13H2,1-2H3,(H,17,19)/t14-/m0/s1. The normalized spacial score (nSPS) is 29.3. The Morgan fingerprint density at radius 3 is 2.37 bits per heavy atom. The van der Waals surface area contributed by atoms with E-state index >= 15 is 0 Å². The van der Waals surface area contributed by atoms with E-state index in [0.717, 1.165) is 25.8 Å². The number of nitrogens with zero attached hydrogens (tertiary/aromatic N) is 1. The van der Waals surface area contributed by atoms with Gasteiger partial charge in [-0.25, -0.2) is 0 Å². The van der Waals surface area contributed by atoms with Crippen LogP contribution in [0.4, 0.5) is 0 Å². The fourth-order valence-corrected chi connectivity index (χ4v) is 3.60. The van der Waals surface area contributed by atoms with Crippen molar-refractivity contribution in [3.05, 3.63) is 0 Å². The van der Waals surface area contributed by atoms with Crippen LogP contribution in [0.3, 0.4) is 0 Å². The van der Waals surface area contributed by atoms with Crippen molar-refractivity contribution in [1.82, 2.24) is 10.2 Å². The molecule has 1 atom stereocenters. The molecule has 0 radical (unpaired) electrons. The van der Waals surface area contributed by atoms with E-state index < -0.39 is 0 Å². The first-order valence-corrected chi connectivity index (χ1v) is 8.13. The van der Waals surface area contributed by atoms with E-state index in [9.17, 15) is 4.79 Å². The molecule has 2 aliphatic rings. The lowest BCUT2D eigenvalue weighted by Crippen LogP contribution is -2.53. The molecule has 1 heterocycles. The van der Waals surface area contributed by atoms with Crippen LogP contribution in [-0.4, -0.2) is 36.0 Å². The Bertz CT molecular complexity index is 295. The van der Waals surface area contributed by atoms with Crippen LogP contribution in [0.5, 0.6) is 0 Å². The van der Waals surface area contributed by atoms with Gasteiger partial charge in [0.15, 0.2) is 0 Å². The Hall–Kier alpha value is -0.570. The van der Waals surface area contributed by atoms with Gasteiger partial charge in [-0.15, -0.1) is 0 Å². The van der Waals surface area contributed by atoms with Gasteiger partial charge in [-0.1, -0.05) is 38.5 Å². The smallest absolute Gasteiger partial charge is 0.237 e. The lowest BCUT2D eigenvalue weighted by atomic mass is 9.92. The fraction of sp³-hybridized carbons (Fsp3) is 0.938. The molecule has 0 spiro atoms. The minimum atomic E-state index is 0.0424. The monoisotopic (exact) mass is 266 g/mol. The van der Waals surface area contributed by atoms with Crippen molar-refractivity contribution >= 4 is 5.91 Å². The zero-order valence-electron chi connectivity index (χ0n) is 12.7. The Labute approximate surface area is 118 Å². The number of carbonyl (C=O) groups excluding carboxylic acids is 1. The molecule has 2 rings (SSSR count). The molecule has 1 aliphatic carbocycles. The molecular weight excluding hydrogens is 236 g/mol. The lowest BCUT2D eigenvalue weighted by molar-refractivity contribution is -0.128. The summed E-state index contributed by atoms with van der Waals surface area (Å²) in [6, 6.07) is 0.0996. The number of hydrogen-bond donors (Lipinski definition) is 1. The van der Waals surface area contributed by atoms with E-state index in [0.29, 0.717) is 0 Å². The highest BCUT2D eigenvalue weighted by atomic mass is 16.2. The predicted octanol–water partition coefficient (Wildman–Crippen LogP) is 3.09. The summed E-state index contributed by atoms with van der Waals surface area (Å²) < 4.78 is 0. The van der Waals surface area contributed by atoms with Crippen LogP contribution in [0.1, 0.15) is 71.1 Å². The van der Waals surface area contributed by atoms with Gasteiger partial charge >= 0.3 is 0 Å². The molecule has 1 saturated heterocycles. The van der Waals surface area contributed by atoms with E-state index in [1.807, 2.05) is 0 Å². The molecule has 0 aromatic carbocycles. The summed E-state index contributed by atoms with van der Waals surface area (Å²) in [5.74, 6) is 0.272. The van der Waals surface area contributed by atoms with Gasteiger partial charge in [-0.2, -0.15) is 0 Å². The molecule has 0 aromatic rings. The van der Waals surface area contributed by atoms with Crippen LogP contribution < -0.4 is 5.32 Å². The molecule has 2 fully saturated rings. The van der Waals surface area contributed by atoms with Crippen LogP contribution in [0.2, 0.25) is 0 Å². The molecule has 0 aromatic heterocycles. The van der Waals surface area contributed by atoms with Gasteiger partial charge in [0.25, 0.3) is 0 Å². The van der Waals surface area contributed by atoms with Gasteiger partial charge in [0.2, 0.25) is 5.91 Å². The molecule has 0 unspecified atom stereocenters. The fourth-order valence-electron chi connectivity index (χ4n) is 3.60. The summed E-state index contributed by atoms with van der Waals surface area (Å²) in [7, 11) is 2.10. The number of rotatable bonds is 2. The van der Waals surface area contributed by atoms with Crippen LogP contribution in [-0.2, 0) is 4.79 Å². The zero-order valence-corrected chi connectivity index (χ0v) is 12.7. The second-order valence-electron chi connectivity index (χ2n) is 6.81. The summed E-state index contributed by atoms with van der Waals surface area (Å²) in [4.78, 5) is 14.8. The van der Waals surface area contributed by atoms with Gasteiger partial charge in [-0.05, 0) is 46.2 Å². The molecule has 0 bridgehead atoms. The van der Waals surface area contributed by atoms with Crippen molar-refractivity contribution in [2.24, 2.45) is 0 Å². The number of carbonyl (C=O) groups is 1. The minimum absolute atomic E-state index is 0.0424. The van der Waals surface area contributed by atoms with E-state index in [1.54, 1.807) is 0 Å². The first kappa shape index (κ1) is 14.8. The van der Waals surface area contributed by atoms with E-state index in [2.05, 4.69) is 24.2 Å². The summed E-state index contributed by atoms with van der Waals surface area (Å²) in [5.41, 5.74) is 0.0424. The van der Waals surface area contributed by atoms with Crippen molar-refractivity contribution < 1.29 is 4.79 Å². The first-order chi connectivity index (χ1) is 9.11. The molecule has 19 heavy (non-hydrogen) atoms. The van der Waals surface area contributed by atoms with Crippen LogP contribution in [0.15, 0.2) is 0 Å². The van der Waals surface area contributed by atoms with E-state index in [4.69, 9.17) is 0 Å². The maximum atomic E-state index is 12.6. The van der Waals surface area contributed by atoms with Gasteiger partial charge in [0, 0.05) is 5.54 Å². The number of likely N-dealkylation sites (tertiary alicyclic amines) is 1. The third-order valence-electron chi connectivity index (χ3n) is 4.96. The van der Waals surface area contributed by atoms with Crippen molar-refractivity contribution in [3.63, 3.8) is 0 Å². The highest BCUT2D eigenvalue weighted by molar-refractivity contribution is 5.82. The van der Waals surface area contributed by atoms with Crippen molar-refractivity contribution in [2.45, 2.75) is 82.7 Å². The molecule has 1 N–H and O–H groups in total. The minimum Gasteiger partial charge on any atom is -0.350 e.